The summed E-state index contributed by atoms with van der Waals surface area (Å²) in [4.78, 5) is 0. The predicted octanol–water partition coefficient (Wildman–Crippen LogP) is 14.6. The Kier molecular flexibility index (Phi) is 14.4. The molecule has 0 amide bonds. The number of aryl methyl sites for hydroxylation is 2. The summed E-state index contributed by atoms with van der Waals surface area (Å²) in [5, 5.41) is 5.26. The minimum Gasteiger partial charge on any atom is -0.0654 e. The van der Waals surface area contributed by atoms with Gasteiger partial charge in [-0.3, -0.25) is 0 Å². The first kappa shape index (κ1) is 33.3. The number of rotatable bonds is 19. The fourth-order valence-electron chi connectivity index (χ4n) is 6.29. The van der Waals surface area contributed by atoms with Gasteiger partial charge in [0.2, 0.25) is 0 Å². The minimum absolute atomic E-state index is 1.16. The van der Waals surface area contributed by atoms with Gasteiger partial charge in [-0.25, -0.2) is 0 Å². The summed E-state index contributed by atoms with van der Waals surface area (Å²) >= 11 is 7.85. The van der Waals surface area contributed by atoms with Crippen molar-refractivity contribution in [1.29, 1.82) is 0 Å². The Labute approximate surface area is 273 Å². The Morgan fingerprint density at radius 1 is 0.381 bits per heavy atom. The van der Waals surface area contributed by atoms with Crippen molar-refractivity contribution in [1.82, 2.24) is 0 Å². The second-order valence-electron chi connectivity index (χ2n) is 12.5. The Balaban J connectivity index is 1.36. The molecule has 0 saturated carbocycles. The van der Waals surface area contributed by atoms with Gasteiger partial charge >= 0.3 is 0 Å². The van der Waals surface area contributed by atoms with Crippen LogP contribution in [0.2, 0.25) is 0 Å². The molecule has 42 heavy (non-hydrogen) atoms. The fraction of sp³-hybridized carbons (Fsp3) is 0.500. The molecular formula is C40H52Br2. The van der Waals surface area contributed by atoms with E-state index in [2.05, 4.69) is 106 Å². The van der Waals surface area contributed by atoms with Gasteiger partial charge in [0.05, 0.1) is 0 Å². The first-order valence-corrected chi connectivity index (χ1v) is 18.6. The molecule has 0 bridgehead atoms. The number of fused-ring (bicyclic) bond motifs is 2. The topological polar surface area (TPSA) is 0 Å². The van der Waals surface area contributed by atoms with Crippen molar-refractivity contribution in [2.45, 2.75) is 129 Å². The first-order valence-electron chi connectivity index (χ1n) is 17.0. The molecule has 0 aliphatic rings. The van der Waals surface area contributed by atoms with Crippen LogP contribution in [-0.2, 0) is 12.8 Å². The van der Waals surface area contributed by atoms with Crippen LogP contribution in [0.15, 0.2) is 69.6 Å². The monoisotopic (exact) mass is 690 g/mol. The normalized spacial score (nSPS) is 11.6. The zero-order valence-electron chi connectivity index (χ0n) is 26.3. The molecular weight excluding hydrogens is 640 g/mol. The van der Waals surface area contributed by atoms with Gasteiger partial charge in [0.1, 0.15) is 0 Å². The van der Waals surface area contributed by atoms with E-state index in [0.717, 1.165) is 8.95 Å². The van der Waals surface area contributed by atoms with Gasteiger partial charge < -0.3 is 0 Å². The second-order valence-corrected chi connectivity index (χ2v) is 14.2. The zero-order valence-corrected chi connectivity index (χ0v) is 29.4. The van der Waals surface area contributed by atoms with Crippen LogP contribution in [-0.4, -0.2) is 0 Å². The minimum atomic E-state index is 1.16. The molecule has 4 aromatic carbocycles. The Bertz CT molecular complexity index is 1280. The molecule has 226 valence electrons. The molecule has 0 radical (unpaired) electrons. The van der Waals surface area contributed by atoms with Gasteiger partial charge in [-0.15, -0.1) is 0 Å². The van der Waals surface area contributed by atoms with Crippen molar-refractivity contribution >= 4 is 53.4 Å². The van der Waals surface area contributed by atoms with E-state index >= 15 is 0 Å². The molecule has 0 aromatic heterocycles. The number of benzene rings is 4. The highest BCUT2D eigenvalue weighted by molar-refractivity contribution is 9.11. The summed E-state index contributed by atoms with van der Waals surface area (Å²) < 4.78 is 2.32. The van der Waals surface area contributed by atoms with E-state index in [9.17, 15) is 0 Å². The van der Waals surface area contributed by atoms with Crippen LogP contribution in [0.25, 0.3) is 32.7 Å². The van der Waals surface area contributed by atoms with Gasteiger partial charge in [-0.1, -0.05) is 172 Å². The SMILES string of the molecule is CCCCCCCCCCc1ccc2cc(-c3cc4ccc(CCCCCCCCCC)cc4cc3Br)c(Br)cc2c1. The quantitative estimate of drug-likeness (QED) is 0.0858. The maximum Gasteiger partial charge on any atom is 0.0260 e. The lowest BCUT2D eigenvalue weighted by Crippen LogP contribution is -1.90. The summed E-state index contributed by atoms with van der Waals surface area (Å²) in [7, 11) is 0. The van der Waals surface area contributed by atoms with E-state index in [0.29, 0.717) is 0 Å². The third kappa shape index (κ3) is 10.2. The molecule has 0 saturated heterocycles. The van der Waals surface area contributed by atoms with E-state index in [1.165, 1.54) is 159 Å². The average Bonchev–Trinajstić information content (AvgIpc) is 2.99. The van der Waals surface area contributed by atoms with Crippen molar-refractivity contribution in [3.8, 4) is 11.1 Å². The molecule has 4 rings (SSSR count). The largest absolute Gasteiger partial charge is 0.0654 e. The van der Waals surface area contributed by atoms with Gasteiger partial charge in [-0.2, -0.15) is 0 Å². The summed E-state index contributed by atoms with van der Waals surface area (Å²) in [5.74, 6) is 0. The lowest BCUT2D eigenvalue weighted by molar-refractivity contribution is 0.575. The van der Waals surface area contributed by atoms with E-state index in [4.69, 9.17) is 0 Å². The summed E-state index contributed by atoms with van der Waals surface area (Å²) in [6, 6.07) is 23.4. The van der Waals surface area contributed by atoms with Crippen LogP contribution >= 0.6 is 31.9 Å². The third-order valence-electron chi connectivity index (χ3n) is 8.91. The molecule has 0 unspecified atom stereocenters. The van der Waals surface area contributed by atoms with E-state index in [1.807, 2.05) is 0 Å². The van der Waals surface area contributed by atoms with Crippen LogP contribution < -0.4 is 0 Å². The Morgan fingerprint density at radius 2 is 0.738 bits per heavy atom. The number of hydrogen-bond donors (Lipinski definition) is 0. The summed E-state index contributed by atoms with van der Waals surface area (Å²) in [6.07, 6.45) is 24.3. The molecule has 0 atom stereocenters. The third-order valence-corrected chi connectivity index (χ3v) is 10.2. The second kappa shape index (κ2) is 18.2. The fourth-order valence-corrected chi connectivity index (χ4v) is 7.44. The van der Waals surface area contributed by atoms with Gasteiger partial charge in [0.15, 0.2) is 0 Å². The highest BCUT2D eigenvalue weighted by atomic mass is 79.9. The van der Waals surface area contributed by atoms with Crippen molar-refractivity contribution in [2.75, 3.05) is 0 Å². The molecule has 0 aliphatic heterocycles. The number of hydrogen-bond acceptors (Lipinski definition) is 0. The smallest absolute Gasteiger partial charge is 0.0260 e. The zero-order chi connectivity index (χ0) is 29.6. The van der Waals surface area contributed by atoms with E-state index < -0.39 is 0 Å². The number of halogens is 2. The van der Waals surface area contributed by atoms with Crippen molar-refractivity contribution < 1.29 is 0 Å². The summed E-state index contributed by atoms with van der Waals surface area (Å²) in [5.41, 5.74) is 5.41. The molecule has 2 heteroatoms. The van der Waals surface area contributed by atoms with Crippen molar-refractivity contribution in [2.24, 2.45) is 0 Å². The standard InChI is InChI=1S/C40H52Br2/c1-3-5-7-9-11-13-15-17-19-31-21-23-33-27-37(39(41)29-35(33)25-31)38-28-34-24-22-32(26-36(34)30-40(38)42)20-18-16-14-12-10-8-6-4-2/h21-30H,3-20H2,1-2H3. The van der Waals surface area contributed by atoms with Crippen molar-refractivity contribution in [3.63, 3.8) is 0 Å². The van der Waals surface area contributed by atoms with Crippen LogP contribution in [0, 0.1) is 0 Å². The maximum absolute atomic E-state index is 3.93. The molecule has 0 fully saturated rings. The van der Waals surface area contributed by atoms with Crippen LogP contribution in [0.3, 0.4) is 0 Å². The summed E-state index contributed by atoms with van der Waals surface area (Å²) in [6.45, 7) is 4.58. The van der Waals surface area contributed by atoms with E-state index in [1.54, 1.807) is 0 Å². The van der Waals surface area contributed by atoms with Crippen LogP contribution in [0.5, 0.6) is 0 Å². The Morgan fingerprint density at radius 3 is 1.12 bits per heavy atom. The first-order chi connectivity index (χ1) is 20.6. The lowest BCUT2D eigenvalue weighted by Gasteiger charge is -2.13. The van der Waals surface area contributed by atoms with Gasteiger partial charge in [-0.05, 0) is 93.7 Å². The van der Waals surface area contributed by atoms with Gasteiger partial charge in [0, 0.05) is 8.95 Å². The molecule has 0 N–H and O–H groups in total. The lowest BCUT2D eigenvalue weighted by atomic mass is 9.95. The van der Waals surface area contributed by atoms with Gasteiger partial charge in [0.25, 0.3) is 0 Å². The molecule has 0 aliphatic carbocycles. The highest BCUT2D eigenvalue weighted by Gasteiger charge is 2.12. The molecule has 0 heterocycles. The highest BCUT2D eigenvalue weighted by Crippen LogP contribution is 2.39. The maximum atomic E-state index is 3.93. The average molecular weight is 693 g/mol. The molecule has 0 spiro atoms. The van der Waals surface area contributed by atoms with Crippen LogP contribution in [0.1, 0.15) is 128 Å². The Hall–Kier alpha value is -1.64. The predicted molar refractivity (Wildman–Crippen MR) is 195 cm³/mol. The van der Waals surface area contributed by atoms with Crippen LogP contribution in [0.4, 0.5) is 0 Å². The van der Waals surface area contributed by atoms with Crippen molar-refractivity contribution in [3.05, 3.63) is 80.7 Å². The number of unbranched alkanes of at least 4 members (excludes halogenated alkanes) is 14. The molecule has 4 aromatic rings. The molecule has 0 nitrogen and oxygen atoms in total. The van der Waals surface area contributed by atoms with E-state index in [-0.39, 0.29) is 0 Å².